The van der Waals surface area contributed by atoms with E-state index in [0.29, 0.717) is 13.0 Å². The molecule has 3 nitrogen and oxygen atoms in total. The Hall–Kier alpha value is 0.680. The Morgan fingerprint density at radius 2 is 1.81 bits per heavy atom. The van der Waals surface area contributed by atoms with Gasteiger partial charge in [-0.25, -0.2) is 0 Å². The molecule has 1 N–H and O–H groups in total. The molecule has 6 heteroatoms. The third-order valence-electron chi connectivity index (χ3n) is 1.77. The maximum absolute atomic E-state index is 10.3. The van der Waals surface area contributed by atoms with Crippen molar-refractivity contribution in [3.8, 4) is 5.75 Å². The van der Waals surface area contributed by atoms with Crippen LogP contribution in [0.1, 0.15) is 12.8 Å². The molecule has 1 aromatic rings. The molecule has 0 atom stereocenters. The van der Waals surface area contributed by atoms with Crippen molar-refractivity contribution in [1.82, 2.24) is 0 Å². The van der Waals surface area contributed by atoms with Crippen molar-refractivity contribution in [2.45, 2.75) is 12.8 Å². The van der Waals surface area contributed by atoms with E-state index in [2.05, 4.69) is 73.8 Å². The Balaban J connectivity index is 2.54. The summed E-state index contributed by atoms with van der Waals surface area (Å²) in [5.41, 5.74) is 0. The van der Waals surface area contributed by atoms with E-state index in [1.54, 1.807) is 0 Å². The summed E-state index contributed by atoms with van der Waals surface area (Å²) in [6.45, 7) is 0.443. The average molecular weight is 558 g/mol. The molecule has 0 spiro atoms. The van der Waals surface area contributed by atoms with Gasteiger partial charge >= 0.3 is 5.97 Å². The minimum absolute atomic E-state index is 0.151. The minimum atomic E-state index is -0.782. The van der Waals surface area contributed by atoms with Crippen molar-refractivity contribution in [3.05, 3.63) is 22.8 Å². The molecule has 0 aliphatic rings. The molecule has 0 aliphatic heterocycles. The van der Waals surface area contributed by atoms with Crippen molar-refractivity contribution in [1.29, 1.82) is 0 Å². The van der Waals surface area contributed by atoms with E-state index in [1.165, 1.54) is 3.57 Å². The Kier molecular flexibility index (Phi) is 6.62. The molecule has 0 bridgehead atoms. The predicted octanol–water partition coefficient (Wildman–Crippen LogP) is 3.74. The second-order valence-electron chi connectivity index (χ2n) is 3.04. The molecule has 0 saturated heterocycles. The van der Waals surface area contributed by atoms with Gasteiger partial charge in [-0.15, -0.1) is 0 Å². The third kappa shape index (κ3) is 4.90. The molecule has 0 unspecified atom stereocenters. The second-order valence-corrected chi connectivity index (χ2v) is 6.53. The Morgan fingerprint density at radius 3 is 2.44 bits per heavy atom. The lowest BCUT2D eigenvalue weighted by atomic mass is 10.3. The van der Waals surface area contributed by atoms with Crippen LogP contribution in [-0.2, 0) is 4.79 Å². The van der Waals surface area contributed by atoms with Crippen molar-refractivity contribution in [3.63, 3.8) is 0 Å². The zero-order chi connectivity index (χ0) is 12.1. The molecule has 0 radical (unpaired) electrons. The van der Waals surface area contributed by atoms with E-state index >= 15 is 0 Å². The highest BCUT2D eigenvalue weighted by atomic mass is 127. The van der Waals surface area contributed by atoms with Gasteiger partial charge in [0.1, 0.15) is 5.75 Å². The van der Waals surface area contributed by atoms with Crippen LogP contribution in [0.5, 0.6) is 5.75 Å². The Labute approximate surface area is 135 Å². The van der Waals surface area contributed by atoms with Crippen LogP contribution in [-0.4, -0.2) is 17.7 Å². The summed E-state index contributed by atoms with van der Waals surface area (Å²) in [6.07, 6.45) is 0.687. The number of hydrogen-bond donors (Lipinski definition) is 1. The fourth-order valence-electron chi connectivity index (χ4n) is 1.02. The van der Waals surface area contributed by atoms with Gasteiger partial charge in [-0.2, -0.15) is 0 Å². The van der Waals surface area contributed by atoms with Crippen LogP contribution in [0.15, 0.2) is 12.1 Å². The van der Waals surface area contributed by atoms with Gasteiger partial charge < -0.3 is 9.84 Å². The maximum atomic E-state index is 10.3. The SMILES string of the molecule is O=C(O)CCCOc1cc(I)c(I)cc1I. The third-order valence-corrected chi connectivity index (χ3v) is 5.43. The molecule has 1 rings (SSSR count). The highest BCUT2D eigenvalue weighted by Gasteiger charge is 2.06. The lowest BCUT2D eigenvalue weighted by Gasteiger charge is -2.09. The molecule has 0 aliphatic carbocycles. The summed E-state index contributed by atoms with van der Waals surface area (Å²) < 4.78 is 8.94. The van der Waals surface area contributed by atoms with Crippen LogP contribution in [0.3, 0.4) is 0 Å². The number of hydrogen-bond acceptors (Lipinski definition) is 2. The summed E-state index contributed by atoms with van der Waals surface area (Å²) in [6, 6.07) is 4.03. The zero-order valence-corrected chi connectivity index (χ0v) is 14.6. The summed E-state index contributed by atoms with van der Waals surface area (Å²) in [5.74, 6) is 0.0475. The number of benzene rings is 1. The molecular weight excluding hydrogens is 549 g/mol. The van der Waals surface area contributed by atoms with Gasteiger partial charge in [-0.05, 0) is 86.3 Å². The topological polar surface area (TPSA) is 46.5 Å². The number of carboxylic acid groups (broad SMARTS) is 1. The van der Waals surface area contributed by atoms with Crippen molar-refractivity contribution >= 4 is 73.7 Å². The number of rotatable bonds is 5. The molecule has 88 valence electrons. The average Bonchev–Trinajstić information content (AvgIpc) is 2.19. The van der Waals surface area contributed by atoms with Gasteiger partial charge in [0.15, 0.2) is 0 Å². The van der Waals surface area contributed by atoms with Gasteiger partial charge in [0.2, 0.25) is 0 Å². The van der Waals surface area contributed by atoms with Gasteiger partial charge in [0.25, 0.3) is 0 Å². The number of carbonyl (C=O) groups is 1. The second kappa shape index (κ2) is 7.19. The van der Waals surface area contributed by atoms with Crippen LogP contribution >= 0.6 is 67.8 Å². The van der Waals surface area contributed by atoms with Crippen LogP contribution in [0, 0.1) is 10.7 Å². The van der Waals surface area contributed by atoms with Crippen molar-refractivity contribution in [2.75, 3.05) is 6.61 Å². The van der Waals surface area contributed by atoms with E-state index in [-0.39, 0.29) is 6.42 Å². The van der Waals surface area contributed by atoms with Gasteiger partial charge in [0.05, 0.1) is 10.2 Å². The first-order valence-electron chi connectivity index (χ1n) is 4.50. The number of ether oxygens (including phenoxy) is 1. The summed E-state index contributed by atoms with van der Waals surface area (Å²) in [7, 11) is 0. The monoisotopic (exact) mass is 558 g/mol. The fourth-order valence-corrected chi connectivity index (χ4v) is 3.14. The fraction of sp³-hybridized carbons (Fsp3) is 0.300. The smallest absolute Gasteiger partial charge is 0.303 e. The molecule has 0 amide bonds. The number of carboxylic acids is 1. The molecule has 0 saturated carbocycles. The molecule has 0 aromatic heterocycles. The number of halogens is 3. The van der Waals surface area contributed by atoms with Gasteiger partial charge in [0, 0.05) is 13.6 Å². The quantitative estimate of drug-likeness (QED) is 0.341. The van der Waals surface area contributed by atoms with E-state index in [9.17, 15) is 4.79 Å². The summed E-state index contributed by atoms with van der Waals surface area (Å²) >= 11 is 6.75. The largest absolute Gasteiger partial charge is 0.492 e. The van der Waals surface area contributed by atoms with Crippen LogP contribution in [0.25, 0.3) is 0 Å². The molecule has 0 fully saturated rings. The summed E-state index contributed by atoms with van der Waals surface area (Å²) in [4.78, 5) is 10.3. The summed E-state index contributed by atoms with van der Waals surface area (Å²) in [5, 5.41) is 8.49. The molecule has 1 aromatic carbocycles. The van der Waals surface area contributed by atoms with Crippen LogP contribution in [0.4, 0.5) is 0 Å². The van der Waals surface area contributed by atoms with Gasteiger partial charge in [-0.1, -0.05) is 0 Å². The lowest BCUT2D eigenvalue weighted by molar-refractivity contribution is -0.137. The standard InChI is InChI=1S/C10H9I3O3/c11-6-4-8(13)9(5-7(6)12)16-3-1-2-10(14)15/h4-5H,1-3H2,(H,14,15). The van der Waals surface area contributed by atoms with E-state index in [0.717, 1.165) is 12.9 Å². The van der Waals surface area contributed by atoms with Crippen molar-refractivity contribution in [2.24, 2.45) is 0 Å². The van der Waals surface area contributed by atoms with Crippen LogP contribution < -0.4 is 4.74 Å². The van der Waals surface area contributed by atoms with Crippen LogP contribution in [0.2, 0.25) is 0 Å². The zero-order valence-electron chi connectivity index (χ0n) is 8.17. The maximum Gasteiger partial charge on any atom is 0.303 e. The first-order valence-corrected chi connectivity index (χ1v) is 7.73. The molecular formula is C10H9I3O3. The van der Waals surface area contributed by atoms with E-state index in [4.69, 9.17) is 9.84 Å². The van der Waals surface area contributed by atoms with E-state index in [1.807, 2.05) is 6.07 Å². The minimum Gasteiger partial charge on any atom is -0.492 e. The highest BCUT2D eigenvalue weighted by Crippen LogP contribution is 2.27. The predicted molar refractivity (Wildman–Crippen MR) is 87.0 cm³/mol. The van der Waals surface area contributed by atoms with Gasteiger partial charge in [-0.3, -0.25) is 4.79 Å². The molecule has 16 heavy (non-hydrogen) atoms. The first-order chi connectivity index (χ1) is 7.50. The van der Waals surface area contributed by atoms with E-state index < -0.39 is 5.97 Å². The van der Waals surface area contributed by atoms with Crippen molar-refractivity contribution < 1.29 is 14.6 Å². The molecule has 0 heterocycles. The number of aliphatic carboxylic acids is 1. The first kappa shape index (κ1) is 14.7. The Bertz CT molecular complexity index is 393. The normalized spacial score (nSPS) is 10.2. The lowest BCUT2D eigenvalue weighted by Crippen LogP contribution is -2.03. The Morgan fingerprint density at radius 1 is 1.19 bits per heavy atom. The highest BCUT2D eigenvalue weighted by molar-refractivity contribution is 14.1.